The smallest absolute Gasteiger partial charge is 0.162 e. The van der Waals surface area contributed by atoms with Crippen molar-refractivity contribution in [2.75, 3.05) is 26.2 Å². The van der Waals surface area contributed by atoms with Gasteiger partial charge in [-0.15, -0.1) is 10.2 Å². The highest BCUT2D eigenvalue weighted by Gasteiger charge is 2.26. The van der Waals surface area contributed by atoms with E-state index < -0.39 is 0 Å². The van der Waals surface area contributed by atoms with Crippen LogP contribution in [0.3, 0.4) is 0 Å². The van der Waals surface area contributed by atoms with Gasteiger partial charge in [-0.25, -0.2) is 0 Å². The van der Waals surface area contributed by atoms with Gasteiger partial charge in [0.15, 0.2) is 5.82 Å². The molecule has 1 atom stereocenters. The lowest BCUT2D eigenvalue weighted by atomic mass is 10.2. The molecular weight excluding hydrogens is 240 g/mol. The summed E-state index contributed by atoms with van der Waals surface area (Å²) in [7, 11) is 0. The van der Waals surface area contributed by atoms with Crippen LogP contribution in [-0.4, -0.2) is 45.9 Å². The minimum absolute atomic E-state index is 0.179. The Hall–Kier alpha value is -0.940. The second-order valence-electron chi connectivity index (χ2n) is 6.07. The number of hydrogen-bond donors (Lipinski definition) is 0. The molecule has 0 spiro atoms. The van der Waals surface area contributed by atoms with E-state index in [1.807, 2.05) is 0 Å². The summed E-state index contributed by atoms with van der Waals surface area (Å²) < 4.78 is 8.06. The molecule has 3 heterocycles. The molecule has 1 unspecified atom stereocenters. The maximum Gasteiger partial charge on any atom is 0.162 e. The number of aromatic nitrogens is 3. The number of ether oxygens (including phenoxy) is 1. The molecule has 19 heavy (non-hydrogen) atoms. The van der Waals surface area contributed by atoms with Crippen molar-refractivity contribution in [1.29, 1.82) is 0 Å². The van der Waals surface area contributed by atoms with E-state index in [9.17, 15) is 0 Å². The fourth-order valence-electron chi connectivity index (χ4n) is 3.11. The van der Waals surface area contributed by atoms with Crippen molar-refractivity contribution in [1.82, 2.24) is 19.7 Å². The average molecular weight is 264 g/mol. The highest BCUT2D eigenvalue weighted by Crippen LogP contribution is 2.28. The van der Waals surface area contributed by atoms with Gasteiger partial charge in [0.25, 0.3) is 0 Å². The van der Waals surface area contributed by atoms with Crippen LogP contribution in [0.25, 0.3) is 0 Å². The van der Waals surface area contributed by atoms with Gasteiger partial charge in [-0.3, -0.25) is 0 Å². The first-order chi connectivity index (χ1) is 9.24. The Labute approximate surface area is 114 Å². The summed E-state index contributed by atoms with van der Waals surface area (Å²) in [4.78, 5) is 2.54. The maximum atomic E-state index is 5.76. The molecule has 1 saturated heterocycles. The molecule has 0 saturated carbocycles. The van der Waals surface area contributed by atoms with Crippen molar-refractivity contribution in [3.05, 3.63) is 11.6 Å². The third-order valence-electron chi connectivity index (χ3n) is 3.99. The van der Waals surface area contributed by atoms with Crippen LogP contribution in [0.1, 0.15) is 44.4 Å². The van der Waals surface area contributed by atoms with Crippen LogP contribution in [0.15, 0.2) is 0 Å². The molecular formula is C14H24N4O. The lowest BCUT2D eigenvalue weighted by Gasteiger charge is -2.21. The molecule has 3 rings (SSSR count). The van der Waals surface area contributed by atoms with Gasteiger partial charge in [-0.2, -0.15) is 0 Å². The zero-order valence-electron chi connectivity index (χ0n) is 12.0. The SMILES string of the molecule is CC(C)CN1CCc2nnc(C3CCCO3)n2CC1. The molecule has 0 amide bonds. The Morgan fingerprint density at radius 3 is 2.89 bits per heavy atom. The van der Waals surface area contributed by atoms with Crippen LogP contribution >= 0.6 is 0 Å². The zero-order chi connectivity index (χ0) is 13.2. The van der Waals surface area contributed by atoms with Gasteiger partial charge in [0.2, 0.25) is 0 Å². The summed E-state index contributed by atoms with van der Waals surface area (Å²) in [6.07, 6.45) is 3.42. The molecule has 1 aromatic heterocycles. The summed E-state index contributed by atoms with van der Waals surface area (Å²) >= 11 is 0. The summed E-state index contributed by atoms with van der Waals surface area (Å²) in [6.45, 7) is 9.81. The number of hydrogen-bond acceptors (Lipinski definition) is 4. The first kappa shape index (κ1) is 13.1. The van der Waals surface area contributed by atoms with E-state index in [-0.39, 0.29) is 6.10 Å². The third-order valence-corrected chi connectivity index (χ3v) is 3.99. The Kier molecular flexibility index (Phi) is 3.84. The fraction of sp³-hybridized carbons (Fsp3) is 0.857. The van der Waals surface area contributed by atoms with Crippen molar-refractivity contribution >= 4 is 0 Å². The highest BCUT2D eigenvalue weighted by molar-refractivity contribution is 5.03. The highest BCUT2D eigenvalue weighted by atomic mass is 16.5. The molecule has 0 aliphatic carbocycles. The van der Waals surface area contributed by atoms with E-state index in [1.54, 1.807) is 0 Å². The Bertz CT molecular complexity index is 423. The lowest BCUT2D eigenvalue weighted by Crippen LogP contribution is -2.30. The van der Waals surface area contributed by atoms with Crippen molar-refractivity contribution in [3.8, 4) is 0 Å². The molecule has 1 fully saturated rings. The number of fused-ring (bicyclic) bond motifs is 1. The van der Waals surface area contributed by atoms with Crippen molar-refractivity contribution in [2.24, 2.45) is 5.92 Å². The van der Waals surface area contributed by atoms with Crippen LogP contribution in [-0.2, 0) is 17.7 Å². The number of nitrogens with zero attached hydrogens (tertiary/aromatic N) is 4. The van der Waals surface area contributed by atoms with Gasteiger partial charge >= 0.3 is 0 Å². The van der Waals surface area contributed by atoms with E-state index in [4.69, 9.17) is 4.74 Å². The predicted molar refractivity (Wildman–Crippen MR) is 72.9 cm³/mol. The first-order valence-corrected chi connectivity index (χ1v) is 7.50. The molecule has 106 valence electrons. The van der Waals surface area contributed by atoms with E-state index >= 15 is 0 Å². The summed E-state index contributed by atoms with van der Waals surface area (Å²) in [5, 5.41) is 8.76. The van der Waals surface area contributed by atoms with Crippen LogP contribution in [0.4, 0.5) is 0 Å². The fourth-order valence-corrected chi connectivity index (χ4v) is 3.11. The molecule has 1 aromatic rings. The average Bonchev–Trinajstić information content (AvgIpc) is 2.98. The van der Waals surface area contributed by atoms with Gasteiger partial charge in [0.05, 0.1) is 0 Å². The van der Waals surface area contributed by atoms with Crippen LogP contribution < -0.4 is 0 Å². The van der Waals surface area contributed by atoms with Gasteiger partial charge in [-0.1, -0.05) is 13.8 Å². The zero-order valence-corrected chi connectivity index (χ0v) is 12.0. The van der Waals surface area contributed by atoms with Crippen LogP contribution in [0.2, 0.25) is 0 Å². The molecule has 5 heteroatoms. The molecule has 0 aromatic carbocycles. The summed E-state index contributed by atoms with van der Waals surface area (Å²) in [6, 6.07) is 0. The van der Waals surface area contributed by atoms with E-state index in [0.29, 0.717) is 0 Å². The predicted octanol–water partition coefficient (Wildman–Crippen LogP) is 1.64. The largest absolute Gasteiger partial charge is 0.370 e. The number of rotatable bonds is 3. The standard InChI is InChI=1S/C14H24N4O/c1-11(2)10-17-6-5-13-15-16-14(18(13)8-7-17)12-4-3-9-19-12/h11-12H,3-10H2,1-2H3. The molecule has 5 nitrogen and oxygen atoms in total. The van der Waals surface area contributed by atoms with E-state index in [1.165, 1.54) is 6.54 Å². The Balaban J connectivity index is 1.72. The molecule has 0 N–H and O–H groups in total. The first-order valence-electron chi connectivity index (χ1n) is 7.50. The Morgan fingerprint density at radius 1 is 1.26 bits per heavy atom. The molecule has 0 bridgehead atoms. The van der Waals surface area contributed by atoms with Gasteiger partial charge in [0.1, 0.15) is 11.9 Å². The van der Waals surface area contributed by atoms with Gasteiger partial charge < -0.3 is 14.2 Å². The molecule has 2 aliphatic rings. The minimum Gasteiger partial charge on any atom is -0.370 e. The topological polar surface area (TPSA) is 43.2 Å². The van der Waals surface area contributed by atoms with Crippen LogP contribution in [0, 0.1) is 5.92 Å². The summed E-state index contributed by atoms with van der Waals surface area (Å²) in [5.74, 6) is 2.91. The maximum absolute atomic E-state index is 5.76. The molecule has 0 radical (unpaired) electrons. The van der Waals surface area contributed by atoms with E-state index in [2.05, 4.69) is 33.5 Å². The van der Waals surface area contributed by atoms with Gasteiger partial charge in [-0.05, 0) is 18.8 Å². The van der Waals surface area contributed by atoms with Crippen molar-refractivity contribution < 1.29 is 4.74 Å². The minimum atomic E-state index is 0.179. The van der Waals surface area contributed by atoms with Gasteiger partial charge in [0, 0.05) is 39.2 Å². The summed E-state index contributed by atoms with van der Waals surface area (Å²) in [5.41, 5.74) is 0. The normalized spacial score (nSPS) is 24.7. The molecule has 2 aliphatic heterocycles. The quantitative estimate of drug-likeness (QED) is 0.832. The van der Waals surface area contributed by atoms with E-state index in [0.717, 1.165) is 63.1 Å². The second kappa shape index (κ2) is 5.59. The van der Waals surface area contributed by atoms with Crippen LogP contribution in [0.5, 0.6) is 0 Å². The monoisotopic (exact) mass is 264 g/mol. The van der Waals surface area contributed by atoms with Crippen molar-refractivity contribution in [2.45, 2.75) is 45.8 Å². The Morgan fingerprint density at radius 2 is 2.16 bits per heavy atom. The lowest BCUT2D eigenvalue weighted by molar-refractivity contribution is 0.101. The third kappa shape index (κ3) is 2.82. The van der Waals surface area contributed by atoms with Crippen molar-refractivity contribution in [3.63, 3.8) is 0 Å². The second-order valence-corrected chi connectivity index (χ2v) is 6.07.